The zero-order valence-corrected chi connectivity index (χ0v) is 15.4. The molecule has 1 aromatic heterocycles. The summed E-state index contributed by atoms with van der Waals surface area (Å²) in [5, 5.41) is 4.84. The molecule has 24 heavy (non-hydrogen) atoms. The highest BCUT2D eigenvalue weighted by Crippen LogP contribution is 2.30. The van der Waals surface area contributed by atoms with Crippen LogP contribution >= 0.6 is 27.3 Å². The molecule has 0 bridgehead atoms. The molecule has 4 nitrogen and oxygen atoms in total. The van der Waals surface area contributed by atoms with Gasteiger partial charge >= 0.3 is 0 Å². The number of nitrogens with zero attached hydrogens (tertiary/aromatic N) is 1. The summed E-state index contributed by atoms with van der Waals surface area (Å²) in [4.78, 5) is 15.9. The number of morpholine rings is 1. The Morgan fingerprint density at radius 2 is 2.12 bits per heavy atom. The predicted octanol–water partition coefficient (Wildman–Crippen LogP) is 3.34. The Morgan fingerprint density at radius 3 is 2.79 bits per heavy atom. The molecule has 7 heteroatoms. The number of rotatable bonds is 5. The summed E-state index contributed by atoms with van der Waals surface area (Å²) < 4.78 is 20.1. The molecule has 1 N–H and O–H groups in total. The van der Waals surface area contributed by atoms with E-state index in [9.17, 15) is 9.18 Å². The van der Waals surface area contributed by atoms with Gasteiger partial charge in [0.2, 0.25) is 5.91 Å². The maximum atomic E-state index is 13.7. The first-order chi connectivity index (χ1) is 11.6. The smallest absolute Gasteiger partial charge is 0.243 e. The molecule has 1 aliphatic heterocycles. The van der Waals surface area contributed by atoms with E-state index < -0.39 is 0 Å². The first-order valence-corrected chi connectivity index (χ1v) is 9.39. The molecule has 1 unspecified atom stereocenters. The lowest BCUT2D eigenvalue weighted by Crippen LogP contribution is -2.45. The van der Waals surface area contributed by atoms with E-state index in [0.29, 0.717) is 31.9 Å². The SMILES string of the molecule is O=C(NCc1ccccc1F)C(c1cc(Br)cs1)N1CCOCC1. The normalized spacial score (nSPS) is 16.8. The molecule has 0 saturated carbocycles. The van der Waals surface area contributed by atoms with Gasteiger partial charge in [0.05, 0.1) is 13.2 Å². The Hall–Kier alpha value is -1.28. The van der Waals surface area contributed by atoms with Crippen molar-refractivity contribution in [2.75, 3.05) is 26.3 Å². The number of nitrogens with one attached hydrogen (secondary N) is 1. The minimum Gasteiger partial charge on any atom is -0.379 e. The first kappa shape index (κ1) is 17.5. The van der Waals surface area contributed by atoms with Crippen LogP contribution in [0.25, 0.3) is 0 Å². The van der Waals surface area contributed by atoms with Crippen molar-refractivity contribution in [3.63, 3.8) is 0 Å². The molecule has 3 rings (SSSR count). The third kappa shape index (κ3) is 4.22. The van der Waals surface area contributed by atoms with Crippen LogP contribution in [-0.4, -0.2) is 37.1 Å². The van der Waals surface area contributed by atoms with Gasteiger partial charge in [0.25, 0.3) is 0 Å². The average Bonchev–Trinajstić information content (AvgIpc) is 3.01. The molecule has 1 saturated heterocycles. The lowest BCUT2D eigenvalue weighted by atomic mass is 10.1. The van der Waals surface area contributed by atoms with Crippen molar-refractivity contribution in [2.24, 2.45) is 0 Å². The third-order valence-corrected chi connectivity index (χ3v) is 5.67. The molecule has 2 heterocycles. The summed E-state index contributed by atoms with van der Waals surface area (Å²) in [6, 6.07) is 8.07. The van der Waals surface area contributed by atoms with Gasteiger partial charge in [-0.1, -0.05) is 18.2 Å². The van der Waals surface area contributed by atoms with Crippen LogP contribution in [0, 0.1) is 5.82 Å². The zero-order chi connectivity index (χ0) is 16.9. The van der Waals surface area contributed by atoms with E-state index in [2.05, 4.69) is 26.1 Å². The fourth-order valence-electron chi connectivity index (χ4n) is 2.70. The standard InChI is InChI=1S/C17H18BrFN2O2S/c18-13-9-15(24-11-13)16(21-5-7-23-8-6-21)17(22)20-10-12-3-1-2-4-14(12)19/h1-4,9,11,16H,5-8,10H2,(H,20,22). The molecular formula is C17H18BrFN2O2S. The topological polar surface area (TPSA) is 41.6 Å². The molecule has 1 aromatic carbocycles. The number of hydrogen-bond donors (Lipinski definition) is 1. The van der Waals surface area contributed by atoms with Crippen molar-refractivity contribution >= 4 is 33.2 Å². The minimum absolute atomic E-state index is 0.116. The molecule has 0 spiro atoms. The second kappa shape index (κ2) is 8.20. The zero-order valence-electron chi connectivity index (χ0n) is 13.0. The molecule has 0 radical (unpaired) electrons. The maximum absolute atomic E-state index is 13.7. The Bertz CT molecular complexity index is 703. The molecule has 0 aliphatic carbocycles. The molecular weight excluding hydrogens is 395 g/mol. The second-order valence-electron chi connectivity index (χ2n) is 5.53. The van der Waals surface area contributed by atoms with E-state index in [1.807, 2.05) is 11.4 Å². The van der Waals surface area contributed by atoms with Crippen molar-refractivity contribution in [1.29, 1.82) is 0 Å². The second-order valence-corrected chi connectivity index (χ2v) is 7.39. The van der Waals surface area contributed by atoms with Gasteiger partial charge in [0, 0.05) is 39.9 Å². The summed E-state index contributed by atoms with van der Waals surface area (Å²) in [7, 11) is 0. The number of carbonyl (C=O) groups is 1. The van der Waals surface area contributed by atoms with E-state index >= 15 is 0 Å². The Kier molecular flexibility index (Phi) is 5.99. The highest BCUT2D eigenvalue weighted by molar-refractivity contribution is 9.10. The summed E-state index contributed by atoms with van der Waals surface area (Å²) in [5.41, 5.74) is 0.485. The summed E-state index contributed by atoms with van der Waals surface area (Å²) in [6.45, 7) is 2.81. The highest BCUT2D eigenvalue weighted by Gasteiger charge is 2.30. The first-order valence-electron chi connectivity index (χ1n) is 7.72. The number of amides is 1. The summed E-state index contributed by atoms with van der Waals surface area (Å²) in [5.74, 6) is -0.422. The number of halogens is 2. The molecule has 1 amide bonds. The Balaban J connectivity index is 1.74. The van der Waals surface area contributed by atoms with Gasteiger partial charge in [-0.3, -0.25) is 9.69 Å². The third-order valence-electron chi connectivity index (χ3n) is 3.93. The van der Waals surface area contributed by atoms with Gasteiger partial charge < -0.3 is 10.1 Å². The van der Waals surface area contributed by atoms with Crippen LogP contribution in [0.1, 0.15) is 16.5 Å². The van der Waals surface area contributed by atoms with Crippen LogP contribution in [0.2, 0.25) is 0 Å². The van der Waals surface area contributed by atoms with Crippen molar-refractivity contribution < 1.29 is 13.9 Å². The van der Waals surface area contributed by atoms with E-state index in [1.165, 1.54) is 6.07 Å². The number of hydrogen-bond acceptors (Lipinski definition) is 4. The van der Waals surface area contributed by atoms with Gasteiger partial charge in [0.15, 0.2) is 0 Å². The van der Waals surface area contributed by atoms with Crippen molar-refractivity contribution in [3.05, 3.63) is 56.4 Å². The monoisotopic (exact) mass is 412 g/mol. The van der Waals surface area contributed by atoms with Gasteiger partial charge in [-0.15, -0.1) is 11.3 Å². The number of benzene rings is 1. The average molecular weight is 413 g/mol. The fourth-order valence-corrected chi connectivity index (χ4v) is 4.28. The highest BCUT2D eigenvalue weighted by atomic mass is 79.9. The van der Waals surface area contributed by atoms with Crippen LogP contribution < -0.4 is 5.32 Å². The maximum Gasteiger partial charge on any atom is 0.243 e. The molecule has 1 aliphatic rings. The number of ether oxygens (including phenoxy) is 1. The van der Waals surface area contributed by atoms with Crippen LogP contribution in [0.5, 0.6) is 0 Å². The predicted molar refractivity (Wildman–Crippen MR) is 95.4 cm³/mol. The molecule has 1 fully saturated rings. The lowest BCUT2D eigenvalue weighted by molar-refractivity contribution is -0.128. The number of thiophene rings is 1. The molecule has 128 valence electrons. The summed E-state index contributed by atoms with van der Waals surface area (Å²) in [6.07, 6.45) is 0. The van der Waals surface area contributed by atoms with Crippen LogP contribution in [0.15, 0.2) is 40.2 Å². The molecule has 2 aromatic rings. The van der Waals surface area contributed by atoms with Crippen LogP contribution in [-0.2, 0) is 16.1 Å². The van der Waals surface area contributed by atoms with Crippen molar-refractivity contribution in [3.8, 4) is 0 Å². The van der Waals surface area contributed by atoms with E-state index in [4.69, 9.17) is 4.74 Å². The van der Waals surface area contributed by atoms with E-state index in [1.54, 1.807) is 29.5 Å². The lowest BCUT2D eigenvalue weighted by Gasteiger charge is -2.33. The van der Waals surface area contributed by atoms with E-state index in [-0.39, 0.29) is 24.3 Å². The Morgan fingerprint density at radius 1 is 1.38 bits per heavy atom. The molecule has 1 atom stereocenters. The number of carbonyl (C=O) groups excluding carboxylic acids is 1. The minimum atomic E-state index is -0.378. The van der Waals surface area contributed by atoms with Gasteiger partial charge in [-0.2, -0.15) is 0 Å². The van der Waals surface area contributed by atoms with Gasteiger partial charge in [-0.05, 0) is 28.1 Å². The van der Waals surface area contributed by atoms with Crippen molar-refractivity contribution in [2.45, 2.75) is 12.6 Å². The summed E-state index contributed by atoms with van der Waals surface area (Å²) >= 11 is 4.98. The van der Waals surface area contributed by atoms with Gasteiger partial charge in [-0.25, -0.2) is 4.39 Å². The van der Waals surface area contributed by atoms with E-state index in [0.717, 1.165) is 9.35 Å². The van der Waals surface area contributed by atoms with Crippen molar-refractivity contribution in [1.82, 2.24) is 10.2 Å². The van der Waals surface area contributed by atoms with Crippen LogP contribution in [0.3, 0.4) is 0 Å². The van der Waals surface area contributed by atoms with Crippen LogP contribution in [0.4, 0.5) is 4.39 Å². The largest absolute Gasteiger partial charge is 0.379 e. The Labute approximate surface area is 152 Å². The quantitative estimate of drug-likeness (QED) is 0.818. The van der Waals surface area contributed by atoms with Gasteiger partial charge in [0.1, 0.15) is 11.9 Å². The fraction of sp³-hybridized carbons (Fsp3) is 0.353.